The van der Waals surface area contributed by atoms with Crippen molar-refractivity contribution < 1.29 is 9.53 Å². The Balaban J connectivity index is 1.63. The Bertz CT molecular complexity index is 463. The van der Waals surface area contributed by atoms with E-state index in [0.717, 1.165) is 32.2 Å². The molecule has 1 heterocycles. The van der Waals surface area contributed by atoms with Crippen LogP contribution in [0, 0.1) is 6.07 Å². The first-order valence-electron chi connectivity index (χ1n) is 6.87. The largest absolute Gasteiger partial charge is 0.496 e. The van der Waals surface area contributed by atoms with Crippen molar-refractivity contribution in [1.29, 1.82) is 0 Å². The van der Waals surface area contributed by atoms with Crippen molar-refractivity contribution in [3.05, 3.63) is 29.8 Å². The molecule has 1 radical (unpaired) electrons. The van der Waals surface area contributed by atoms with E-state index in [4.69, 9.17) is 4.74 Å². The summed E-state index contributed by atoms with van der Waals surface area (Å²) in [5, 5.41) is 0. The smallest absolute Gasteiger partial charge is 0.254 e. The Morgan fingerprint density at radius 3 is 2.68 bits per heavy atom. The number of benzene rings is 1. The Hall–Kier alpha value is -1.55. The molecule has 1 aliphatic heterocycles. The van der Waals surface area contributed by atoms with Crippen LogP contribution < -0.4 is 4.74 Å². The van der Waals surface area contributed by atoms with Crippen molar-refractivity contribution in [2.75, 3.05) is 33.3 Å². The van der Waals surface area contributed by atoms with Gasteiger partial charge in [-0.1, -0.05) is 0 Å². The summed E-state index contributed by atoms with van der Waals surface area (Å²) in [6.45, 7) is 3.67. The van der Waals surface area contributed by atoms with E-state index in [1.807, 2.05) is 4.90 Å². The zero-order chi connectivity index (χ0) is 13.2. The average Bonchev–Trinajstić information content (AvgIpc) is 3.31. The van der Waals surface area contributed by atoms with Crippen molar-refractivity contribution in [3.8, 4) is 5.75 Å². The summed E-state index contributed by atoms with van der Waals surface area (Å²) in [7, 11) is 1.59. The maximum absolute atomic E-state index is 12.4. The fourth-order valence-electron chi connectivity index (χ4n) is 2.61. The van der Waals surface area contributed by atoms with E-state index in [-0.39, 0.29) is 5.91 Å². The van der Waals surface area contributed by atoms with Crippen LogP contribution in [0.15, 0.2) is 18.2 Å². The average molecular weight is 259 g/mol. The minimum absolute atomic E-state index is 0.0998. The number of carbonyl (C=O) groups is 1. The zero-order valence-corrected chi connectivity index (χ0v) is 11.3. The third-order valence-corrected chi connectivity index (χ3v) is 3.91. The van der Waals surface area contributed by atoms with E-state index < -0.39 is 0 Å². The third kappa shape index (κ3) is 2.73. The molecule has 2 aliphatic rings. The molecule has 3 rings (SSSR count). The Morgan fingerprint density at radius 1 is 1.32 bits per heavy atom. The Labute approximate surface area is 113 Å². The van der Waals surface area contributed by atoms with Crippen LogP contribution in [0.4, 0.5) is 0 Å². The maximum atomic E-state index is 12.4. The van der Waals surface area contributed by atoms with Crippen molar-refractivity contribution in [2.45, 2.75) is 18.9 Å². The second-order valence-corrected chi connectivity index (χ2v) is 5.21. The molecule has 0 aromatic heterocycles. The van der Waals surface area contributed by atoms with Crippen LogP contribution in [-0.4, -0.2) is 55.0 Å². The SMILES string of the molecule is COc1[c]ccc(C(=O)N2CCN(C3CC3)CC2)c1. The highest BCUT2D eigenvalue weighted by Gasteiger charge is 2.32. The molecule has 2 fully saturated rings. The third-order valence-electron chi connectivity index (χ3n) is 3.91. The van der Waals surface area contributed by atoms with Gasteiger partial charge >= 0.3 is 0 Å². The molecule has 0 atom stereocenters. The van der Waals surface area contributed by atoms with Crippen LogP contribution >= 0.6 is 0 Å². The van der Waals surface area contributed by atoms with Crippen molar-refractivity contribution in [3.63, 3.8) is 0 Å². The molecular formula is C15H19N2O2. The summed E-state index contributed by atoms with van der Waals surface area (Å²) < 4.78 is 5.11. The molecule has 101 valence electrons. The van der Waals surface area contributed by atoms with Gasteiger partial charge in [-0.3, -0.25) is 9.69 Å². The Morgan fingerprint density at radius 2 is 2.05 bits per heavy atom. The van der Waals surface area contributed by atoms with Gasteiger partial charge in [-0.15, -0.1) is 0 Å². The van der Waals surface area contributed by atoms with Crippen molar-refractivity contribution in [2.24, 2.45) is 0 Å². The minimum atomic E-state index is 0.0998. The highest BCUT2D eigenvalue weighted by molar-refractivity contribution is 5.94. The van der Waals surface area contributed by atoms with Gasteiger partial charge in [-0.2, -0.15) is 0 Å². The number of ether oxygens (including phenoxy) is 1. The first-order valence-corrected chi connectivity index (χ1v) is 6.87. The standard InChI is InChI=1S/C15H19N2O2/c1-19-14-4-2-3-12(11-14)15(18)17-9-7-16(8-10-17)13-5-6-13/h2-3,11,13H,5-10H2,1H3. The molecule has 0 spiro atoms. The lowest BCUT2D eigenvalue weighted by Gasteiger charge is -2.34. The summed E-state index contributed by atoms with van der Waals surface area (Å²) in [4.78, 5) is 16.8. The lowest BCUT2D eigenvalue weighted by Crippen LogP contribution is -2.49. The number of piperazine rings is 1. The van der Waals surface area contributed by atoms with Gasteiger partial charge in [0.1, 0.15) is 5.75 Å². The lowest BCUT2D eigenvalue weighted by molar-refractivity contribution is 0.0627. The molecule has 0 bridgehead atoms. The zero-order valence-electron chi connectivity index (χ0n) is 11.3. The number of hydrogen-bond acceptors (Lipinski definition) is 3. The van der Waals surface area contributed by atoms with Crippen LogP contribution in [0.5, 0.6) is 5.75 Å². The number of amides is 1. The van der Waals surface area contributed by atoms with Crippen LogP contribution in [0.2, 0.25) is 0 Å². The summed E-state index contributed by atoms with van der Waals surface area (Å²) in [6, 6.07) is 9.05. The number of carbonyl (C=O) groups excluding carboxylic acids is 1. The highest BCUT2D eigenvalue weighted by atomic mass is 16.5. The number of hydrogen-bond donors (Lipinski definition) is 0. The van der Waals surface area contributed by atoms with Gasteiger partial charge in [0.2, 0.25) is 0 Å². The van der Waals surface area contributed by atoms with Gasteiger partial charge in [0.05, 0.1) is 7.11 Å². The Kier molecular flexibility index (Phi) is 3.42. The molecule has 4 heteroatoms. The van der Waals surface area contributed by atoms with Crippen molar-refractivity contribution >= 4 is 5.91 Å². The predicted octanol–water partition coefficient (Wildman–Crippen LogP) is 1.42. The van der Waals surface area contributed by atoms with Gasteiger partial charge in [0, 0.05) is 43.9 Å². The van der Waals surface area contributed by atoms with E-state index in [1.54, 1.807) is 25.3 Å². The molecular weight excluding hydrogens is 240 g/mol. The summed E-state index contributed by atoms with van der Waals surface area (Å²) in [6.07, 6.45) is 2.67. The van der Waals surface area contributed by atoms with Gasteiger partial charge in [0.25, 0.3) is 5.91 Å². The van der Waals surface area contributed by atoms with Crippen LogP contribution in [0.1, 0.15) is 23.2 Å². The van der Waals surface area contributed by atoms with Crippen LogP contribution in [-0.2, 0) is 0 Å². The molecule has 1 saturated carbocycles. The normalized spacial score (nSPS) is 20.4. The van der Waals surface area contributed by atoms with Gasteiger partial charge in [0.15, 0.2) is 0 Å². The van der Waals surface area contributed by atoms with E-state index >= 15 is 0 Å². The van der Waals surface area contributed by atoms with Crippen LogP contribution in [0.25, 0.3) is 0 Å². The summed E-state index contributed by atoms with van der Waals surface area (Å²) in [5.41, 5.74) is 0.690. The van der Waals surface area contributed by atoms with Gasteiger partial charge in [-0.25, -0.2) is 0 Å². The van der Waals surface area contributed by atoms with E-state index in [0.29, 0.717) is 11.3 Å². The van der Waals surface area contributed by atoms with E-state index in [9.17, 15) is 4.79 Å². The van der Waals surface area contributed by atoms with Crippen molar-refractivity contribution in [1.82, 2.24) is 9.80 Å². The van der Waals surface area contributed by atoms with E-state index in [2.05, 4.69) is 11.0 Å². The summed E-state index contributed by atoms with van der Waals surface area (Å²) >= 11 is 0. The van der Waals surface area contributed by atoms with E-state index in [1.165, 1.54) is 12.8 Å². The van der Waals surface area contributed by atoms with Crippen LogP contribution in [0.3, 0.4) is 0 Å². The fraction of sp³-hybridized carbons (Fsp3) is 0.533. The lowest BCUT2D eigenvalue weighted by atomic mass is 10.1. The quantitative estimate of drug-likeness (QED) is 0.823. The summed E-state index contributed by atoms with van der Waals surface area (Å²) in [5.74, 6) is 0.713. The molecule has 1 amide bonds. The first-order chi connectivity index (χ1) is 9.28. The maximum Gasteiger partial charge on any atom is 0.254 e. The number of rotatable bonds is 3. The molecule has 1 aromatic rings. The molecule has 1 saturated heterocycles. The second-order valence-electron chi connectivity index (χ2n) is 5.21. The monoisotopic (exact) mass is 259 g/mol. The molecule has 1 aliphatic carbocycles. The highest BCUT2D eigenvalue weighted by Crippen LogP contribution is 2.27. The molecule has 4 nitrogen and oxygen atoms in total. The first kappa shape index (κ1) is 12.5. The fourth-order valence-corrected chi connectivity index (χ4v) is 2.61. The number of methoxy groups -OCH3 is 1. The molecule has 0 unspecified atom stereocenters. The molecule has 1 aromatic carbocycles. The second kappa shape index (κ2) is 5.21. The topological polar surface area (TPSA) is 32.8 Å². The van der Waals surface area contributed by atoms with Gasteiger partial charge in [-0.05, 0) is 31.0 Å². The molecule has 0 N–H and O–H groups in total. The van der Waals surface area contributed by atoms with Gasteiger partial charge < -0.3 is 9.64 Å². The minimum Gasteiger partial charge on any atom is -0.496 e. The number of nitrogens with zero attached hydrogens (tertiary/aromatic N) is 2. The predicted molar refractivity (Wildman–Crippen MR) is 72.3 cm³/mol. The molecule has 19 heavy (non-hydrogen) atoms.